The fraction of sp³-hybridized carbons (Fsp3) is 0.222. The number of halogens is 6. The summed E-state index contributed by atoms with van der Waals surface area (Å²) in [5, 5.41) is 10.7. The van der Waals surface area contributed by atoms with E-state index in [0.29, 0.717) is 6.07 Å². The van der Waals surface area contributed by atoms with Gasteiger partial charge >= 0.3 is 6.18 Å². The fourth-order valence-corrected chi connectivity index (χ4v) is 4.50. The van der Waals surface area contributed by atoms with Gasteiger partial charge in [-0.3, -0.25) is 4.79 Å². The summed E-state index contributed by atoms with van der Waals surface area (Å²) < 4.78 is 68.8. The van der Waals surface area contributed by atoms with E-state index >= 15 is 0 Å². The smallest absolute Gasteiger partial charge is 0.363 e. The van der Waals surface area contributed by atoms with Crippen LogP contribution in [0.4, 0.5) is 33.5 Å². The first-order valence-electron chi connectivity index (χ1n) is 8.55. The van der Waals surface area contributed by atoms with Gasteiger partial charge in [-0.15, -0.1) is 11.3 Å². The highest BCUT2D eigenvalue weighted by Gasteiger charge is 2.47. The maximum atomic E-state index is 14.0. The second kappa shape index (κ2) is 7.65. The standard InChI is InChI=1S/C18H12BrF5N4OS/c19-9-4-8(20)5-10(21)16(9)26-17(29)12-7-15-25-11(13-2-1-3-30-13)6-14(18(22,23)24)28(15)27-12/h1-5,7,11,14,25H,6H2,(H,26,29)/t11-,14-/m1/s1. The van der Waals surface area contributed by atoms with Crippen molar-refractivity contribution < 1.29 is 26.7 Å². The fourth-order valence-electron chi connectivity index (χ4n) is 3.20. The topological polar surface area (TPSA) is 59.0 Å². The number of alkyl halides is 3. The van der Waals surface area contributed by atoms with Gasteiger partial charge in [0.2, 0.25) is 0 Å². The Balaban J connectivity index is 1.66. The third kappa shape index (κ3) is 3.93. The van der Waals surface area contributed by atoms with Gasteiger partial charge in [-0.1, -0.05) is 6.07 Å². The second-order valence-corrected chi connectivity index (χ2v) is 8.40. The highest BCUT2D eigenvalue weighted by atomic mass is 79.9. The van der Waals surface area contributed by atoms with Crippen LogP contribution < -0.4 is 10.6 Å². The van der Waals surface area contributed by atoms with Crippen molar-refractivity contribution in [3.63, 3.8) is 0 Å². The van der Waals surface area contributed by atoms with Gasteiger partial charge in [0.1, 0.15) is 11.6 Å². The van der Waals surface area contributed by atoms with Crippen molar-refractivity contribution >= 4 is 44.7 Å². The SMILES string of the molecule is O=C(Nc1c(F)cc(F)cc1Br)c1cc2n(n1)[C@@H](C(F)(F)F)C[C@H](c1cccs1)N2. The van der Waals surface area contributed by atoms with E-state index in [9.17, 15) is 26.7 Å². The monoisotopic (exact) mass is 506 g/mol. The molecule has 0 spiro atoms. The first-order valence-corrected chi connectivity index (χ1v) is 10.2. The van der Waals surface area contributed by atoms with Crippen LogP contribution in [0.1, 0.15) is 33.9 Å². The lowest BCUT2D eigenvalue weighted by molar-refractivity contribution is -0.173. The molecule has 3 aromatic rings. The van der Waals surface area contributed by atoms with E-state index in [1.54, 1.807) is 17.5 Å². The van der Waals surface area contributed by atoms with Crippen LogP contribution >= 0.6 is 27.3 Å². The Bertz CT molecular complexity index is 1080. The van der Waals surface area contributed by atoms with E-state index in [2.05, 4.69) is 31.7 Å². The van der Waals surface area contributed by atoms with Gasteiger partial charge in [0, 0.05) is 27.9 Å². The number of carbonyl (C=O) groups excluding carboxylic acids is 1. The predicted molar refractivity (Wildman–Crippen MR) is 105 cm³/mol. The zero-order valence-corrected chi connectivity index (χ0v) is 17.2. The van der Waals surface area contributed by atoms with Crippen LogP contribution in [-0.4, -0.2) is 21.9 Å². The van der Waals surface area contributed by atoms with E-state index in [-0.39, 0.29) is 28.1 Å². The summed E-state index contributed by atoms with van der Waals surface area (Å²) in [6, 6.07) is 3.63. The van der Waals surface area contributed by atoms with Crippen molar-refractivity contribution in [1.82, 2.24) is 9.78 Å². The van der Waals surface area contributed by atoms with Gasteiger partial charge in [0.05, 0.1) is 11.7 Å². The molecule has 0 saturated carbocycles. The quantitative estimate of drug-likeness (QED) is 0.435. The van der Waals surface area contributed by atoms with Crippen LogP contribution in [0, 0.1) is 11.6 Å². The average molecular weight is 507 g/mol. The molecule has 12 heteroatoms. The van der Waals surface area contributed by atoms with Gasteiger partial charge in [0.25, 0.3) is 5.91 Å². The summed E-state index contributed by atoms with van der Waals surface area (Å²) in [5.74, 6) is -2.81. The van der Waals surface area contributed by atoms with Gasteiger partial charge < -0.3 is 10.6 Å². The molecule has 2 atom stereocenters. The number of thiophene rings is 1. The Morgan fingerprint density at radius 2 is 2.07 bits per heavy atom. The number of nitrogens with zero attached hydrogens (tertiary/aromatic N) is 2. The van der Waals surface area contributed by atoms with E-state index in [0.717, 1.165) is 15.6 Å². The molecule has 2 N–H and O–H groups in total. The normalized spacial score (nSPS) is 18.6. The van der Waals surface area contributed by atoms with Gasteiger partial charge in [-0.25, -0.2) is 13.5 Å². The van der Waals surface area contributed by atoms with Crippen LogP contribution in [0.25, 0.3) is 0 Å². The summed E-state index contributed by atoms with van der Waals surface area (Å²) in [4.78, 5) is 13.2. The molecule has 2 aromatic heterocycles. The number of amides is 1. The number of hydrogen-bond acceptors (Lipinski definition) is 4. The molecular weight excluding hydrogens is 495 g/mol. The lowest BCUT2D eigenvalue weighted by Crippen LogP contribution is -2.35. The molecule has 0 radical (unpaired) electrons. The molecular formula is C18H12BrF5N4OS. The Kier molecular flexibility index (Phi) is 5.30. The molecule has 158 valence electrons. The predicted octanol–water partition coefficient (Wildman–Crippen LogP) is 5.90. The van der Waals surface area contributed by atoms with Crippen molar-refractivity contribution in [3.8, 4) is 0 Å². The lowest BCUT2D eigenvalue weighted by Gasteiger charge is -2.32. The Morgan fingerprint density at radius 3 is 2.70 bits per heavy atom. The highest BCUT2D eigenvalue weighted by Crippen LogP contribution is 2.44. The summed E-state index contributed by atoms with van der Waals surface area (Å²) in [7, 11) is 0. The number of benzene rings is 1. The van der Waals surface area contributed by atoms with Gasteiger partial charge in [-0.2, -0.15) is 18.3 Å². The molecule has 0 aliphatic carbocycles. The van der Waals surface area contributed by atoms with Gasteiger partial charge in [-0.05, 0) is 33.4 Å². The molecule has 30 heavy (non-hydrogen) atoms. The minimum atomic E-state index is -4.59. The molecule has 1 aliphatic heterocycles. The van der Waals surface area contributed by atoms with E-state index in [1.807, 2.05) is 0 Å². The minimum absolute atomic E-state index is 0.0192. The molecule has 4 rings (SSSR count). The van der Waals surface area contributed by atoms with Crippen molar-refractivity contribution in [2.75, 3.05) is 10.6 Å². The average Bonchev–Trinajstić information content (AvgIpc) is 3.32. The summed E-state index contributed by atoms with van der Waals surface area (Å²) in [5.41, 5.74) is -0.682. The summed E-state index contributed by atoms with van der Waals surface area (Å²) >= 11 is 4.26. The van der Waals surface area contributed by atoms with Crippen molar-refractivity contribution in [1.29, 1.82) is 0 Å². The number of nitrogens with one attached hydrogen (secondary N) is 2. The highest BCUT2D eigenvalue weighted by molar-refractivity contribution is 9.10. The molecule has 0 fully saturated rings. The zero-order valence-electron chi connectivity index (χ0n) is 14.8. The first kappa shape index (κ1) is 20.8. The second-order valence-electron chi connectivity index (χ2n) is 6.56. The Labute approximate surface area is 179 Å². The number of hydrogen-bond donors (Lipinski definition) is 2. The van der Waals surface area contributed by atoms with Crippen LogP contribution in [0.5, 0.6) is 0 Å². The van der Waals surface area contributed by atoms with Crippen molar-refractivity contribution in [2.24, 2.45) is 0 Å². The largest absolute Gasteiger partial charge is 0.410 e. The lowest BCUT2D eigenvalue weighted by atomic mass is 10.0. The van der Waals surface area contributed by atoms with Crippen LogP contribution in [0.2, 0.25) is 0 Å². The molecule has 3 heterocycles. The number of carbonyl (C=O) groups is 1. The van der Waals surface area contributed by atoms with Crippen LogP contribution in [0.15, 0.2) is 40.2 Å². The third-order valence-electron chi connectivity index (χ3n) is 4.55. The minimum Gasteiger partial charge on any atom is -0.363 e. The molecule has 0 unspecified atom stereocenters. The maximum absolute atomic E-state index is 14.0. The number of aromatic nitrogens is 2. The maximum Gasteiger partial charge on any atom is 0.410 e. The zero-order chi connectivity index (χ0) is 21.6. The number of fused-ring (bicyclic) bond motifs is 1. The van der Waals surface area contributed by atoms with Crippen LogP contribution in [0.3, 0.4) is 0 Å². The molecule has 0 saturated heterocycles. The van der Waals surface area contributed by atoms with E-state index in [1.165, 1.54) is 17.4 Å². The summed E-state index contributed by atoms with van der Waals surface area (Å²) in [6.07, 6.45) is -4.88. The Hall–Kier alpha value is -2.47. The molecule has 0 bridgehead atoms. The third-order valence-corrected chi connectivity index (χ3v) is 6.17. The number of rotatable bonds is 3. The first-order chi connectivity index (χ1) is 14.1. The molecule has 1 aliphatic rings. The molecule has 1 amide bonds. The Morgan fingerprint density at radius 1 is 1.30 bits per heavy atom. The van der Waals surface area contributed by atoms with E-state index < -0.39 is 35.8 Å². The van der Waals surface area contributed by atoms with Gasteiger partial charge in [0.15, 0.2) is 17.6 Å². The van der Waals surface area contributed by atoms with Crippen molar-refractivity contribution in [2.45, 2.75) is 24.7 Å². The number of anilines is 2. The van der Waals surface area contributed by atoms with Crippen LogP contribution in [-0.2, 0) is 0 Å². The van der Waals surface area contributed by atoms with E-state index in [4.69, 9.17) is 0 Å². The molecule has 5 nitrogen and oxygen atoms in total. The summed E-state index contributed by atoms with van der Waals surface area (Å²) in [6.45, 7) is 0. The molecule has 1 aromatic carbocycles. The van der Waals surface area contributed by atoms with Crippen molar-refractivity contribution in [3.05, 3.63) is 62.4 Å².